The van der Waals surface area contributed by atoms with E-state index in [9.17, 15) is 9.59 Å². The van der Waals surface area contributed by atoms with Gasteiger partial charge in [-0.05, 0) is 30.3 Å². The molecule has 4 rings (SSSR count). The number of nitrogens with zero attached hydrogens (tertiary/aromatic N) is 3. The Hall–Kier alpha value is -3.72. The van der Waals surface area contributed by atoms with Gasteiger partial charge < -0.3 is 14.8 Å². The second kappa shape index (κ2) is 8.97. The van der Waals surface area contributed by atoms with Crippen LogP contribution < -0.4 is 20.2 Å². The molecule has 158 valence electrons. The van der Waals surface area contributed by atoms with Gasteiger partial charge in [-0.1, -0.05) is 12.1 Å². The van der Waals surface area contributed by atoms with E-state index in [2.05, 4.69) is 15.4 Å². The van der Waals surface area contributed by atoms with Crippen LogP contribution in [0.5, 0.6) is 11.5 Å². The van der Waals surface area contributed by atoms with Crippen molar-refractivity contribution in [2.45, 2.75) is 13.0 Å². The van der Waals surface area contributed by atoms with E-state index in [1.54, 1.807) is 31.0 Å². The van der Waals surface area contributed by atoms with Gasteiger partial charge in [0.1, 0.15) is 11.5 Å². The quantitative estimate of drug-likeness (QED) is 0.476. The van der Waals surface area contributed by atoms with E-state index in [-0.39, 0.29) is 17.8 Å². The molecule has 0 aliphatic heterocycles. The predicted molar refractivity (Wildman–Crippen MR) is 120 cm³/mol. The van der Waals surface area contributed by atoms with Gasteiger partial charge >= 0.3 is 0 Å². The van der Waals surface area contributed by atoms with Crippen molar-refractivity contribution in [3.8, 4) is 22.8 Å². The summed E-state index contributed by atoms with van der Waals surface area (Å²) in [4.78, 5) is 28.9. The average molecular weight is 436 g/mol. The van der Waals surface area contributed by atoms with Gasteiger partial charge in [0.15, 0.2) is 5.13 Å². The molecule has 0 aliphatic carbocycles. The number of nitrogens with one attached hydrogen (secondary N) is 1. The topological polar surface area (TPSA) is 95.3 Å². The lowest BCUT2D eigenvalue weighted by Crippen LogP contribution is -2.17. The van der Waals surface area contributed by atoms with E-state index < -0.39 is 0 Å². The highest BCUT2D eigenvalue weighted by molar-refractivity contribution is 7.14. The standard InChI is InChI=1S/C22H20N4O4S/c1-29-14-7-8-20(30-2)16(11-14)17-13-31-22(24-17)25-21(28)9-10-26-18-6-4-3-5-15(18)19(27)12-23-26/h3-8,11-13H,9-10H2,1-2H3,(H,24,25,28). The Balaban J connectivity index is 1.46. The molecule has 1 N–H and O–H groups in total. The summed E-state index contributed by atoms with van der Waals surface area (Å²) in [6.07, 6.45) is 1.46. The summed E-state index contributed by atoms with van der Waals surface area (Å²) in [5, 5.41) is 9.89. The minimum Gasteiger partial charge on any atom is -0.497 e. The highest BCUT2D eigenvalue weighted by Gasteiger charge is 2.13. The SMILES string of the molecule is COc1ccc(OC)c(-c2csc(NC(=O)CCn3ncc(=O)c4ccccc43)n2)c1. The summed E-state index contributed by atoms with van der Waals surface area (Å²) in [7, 11) is 3.19. The minimum absolute atomic E-state index is 0.139. The molecule has 9 heteroatoms. The van der Waals surface area contributed by atoms with Crippen LogP contribution in [0.4, 0.5) is 5.13 Å². The molecule has 0 fully saturated rings. The number of hydrogen-bond donors (Lipinski definition) is 1. The third-order valence-corrected chi connectivity index (χ3v) is 5.50. The minimum atomic E-state index is -0.192. The van der Waals surface area contributed by atoms with Crippen LogP contribution in [-0.4, -0.2) is 34.9 Å². The number of fused-ring (bicyclic) bond motifs is 1. The Bertz CT molecular complexity index is 1300. The van der Waals surface area contributed by atoms with Crippen LogP contribution in [0.25, 0.3) is 22.2 Å². The van der Waals surface area contributed by atoms with Crippen molar-refractivity contribution < 1.29 is 14.3 Å². The first-order valence-corrected chi connectivity index (χ1v) is 10.4. The van der Waals surface area contributed by atoms with Crippen molar-refractivity contribution in [2.75, 3.05) is 19.5 Å². The van der Waals surface area contributed by atoms with Crippen LogP contribution in [-0.2, 0) is 11.3 Å². The third-order valence-electron chi connectivity index (χ3n) is 4.75. The summed E-state index contributed by atoms with van der Waals surface area (Å²) in [5.41, 5.74) is 2.02. The van der Waals surface area contributed by atoms with E-state index >= 15 is 0 Å². The van der Waals surface area contributed by atoms with E-state index in [4.69, 9.17) is 9.47 Å². The number of aromatic nitrogens is 3. The molecule has 0 bridgehead atoms. The maximum atomic E-state index is 12.5. The molecule has 2 aromatic heterocycles. The Morgan fingerprint density at radius 2 is 2.00 bits per heavy atom. The van der Waals surface area contributed by atoms with Crippen molar-refractivity contribution in [1.82, 2.24) is 14.8 Å². The van der Waals surface area contributed by atoms with Crippen molar-refractivity contribution in [3.63, 3.8) is 0 Å². The summed E-state index contributed by atoms with van der Waals surface area (Å²) in [6, 6.07) is 12.7. The van der Waals surface area contributed by atoms with Crippen LogP contribution in [0.3, 0.4) is 0 Å². The van der Waals surface area contributed by atoms with Crippen molar-refractivity contribution >= 4 is 33.3 Å². The van der Waals surface area contributed by atoms with Crippen LogP contribution in [0.2, 0.25) is 0 Å². The van der Waals surface area contributed by atoms with E-state index in [1.165, 1.54) is 17.5 Å². The fourth-order valence-electron chi connectivity index (χ4n) is 3.20. The number of anilines is 1. The molecule has 0 saturated heterocycles. The van der Waals surface area contributed by atoms with E-state index in [0.29, 0.717) is 39.8 Å². The second-order valence-electron chi connectivity index (χ2n) is 6.65. The second-order valence-corrected chi connectivity index (χ2v) is 7.51. The maximum absolute atomic E-state index is 12.5. The zero-order chi connectivity index (χ0) is 21.8. The Morgan fingerprint density at radius 1 is 1.16 bits per heavy atom. The lowest BCUT2D eigenvalue weighted by molar-refractivity contribution is -0.116. The normalized spacial score (nSPS) is 10.8. The number of carbonyl (C=O) groups is 1. The molecule has 0 unspecified atom stereocenters. The van der Waals surface area contributed by atoms with Gasteiger partial charge in [-0.2, -0.15) is 5.10 Å². The van der Waals surface area contributed by atoms with Gasteiger partial charge in [0.2, 0.25) is 11.3 Å². The van der Waals surface area contributed by atoms with Crippen LogP contribution in [0.15, 0.2) is 58.8 Å². The Labute approximate surface area is 182 Å². The summed E-state index contributed by atoms with van der Waals surface area (Å²) >= 11 is 1.33. The number of amides is 1. The molecule has 0 saturated carbocycles. The zero-order valence-electron chi connectivity index (χ0n) is 17.0. The number of rotatable bonds is 7. The fraction of sp³-hybridized carbons (Fsp3) is 0.182. The van der Waals surface area contributed by atoms with Gasteiger partial charge in [0, 0.05) is 22.8 Å². The van der Waals surface area contributed by atoms with Crippen LogP contribution >= 0.6 is 11.3 Å². The van der Waals surface area contributed by atoms with Gasteiger partial charge in [-0.25, -0.2) is 4.98 Å². The van der Waals surface area contributed by atoms with Gasteiger partial charge in [0.25, 0.3) is 0 Å². The predicted octanol–water partition coefficient (Wildman–Crippen LogP) is 3.57. The van der Waals surface area contributed by atoms with Crippen LogP contribution in [0.1, 0.15) is 6.42 Å². The first kappa shape index (κ1) is 20.5. The fourth-order valence-corrected chi connectivity index (χ4v) is 3.92. The van der Waals surface area contributed by atoms with E-state index in [0.717, 1.165) is 5.56 Å². The molecule has 8 nitrogen and oxygen atoms in total. The van der Waals surface area contributed by atoms with E-state index in [1.807, 2.05) is 35.7 Å². The van der Waals surface area contributed by atoms with Crippen molar-refractivity contribution in [3.05, 3.63) is 64.3 Å². The molecule has 2 aromatic carbocycles. The number of para-hydroxylation sites is 1. The molecule has 0 spiro atoms. The Morgan fingerprint density at radius 3 is 2.81 bits per heavy atom. The highest BCUT2D eigenvalue weighted by atomic mass is 32.1. The summed E-state index contributed by atoms with van der Waals surface area (Å²) in [6.45, 7) is 0.342. The molecular weight excluding hydrogens is 416 g/mol. The zero-order valence-corrected chi connectivity index (χ0v) is 17.8. The molecule has 31 heavy (non-hydrogen) atoms. The lowest BCUT2D eigenvalue weighted by Gasteiger charge is -2.09. The summed E-state index contributed by atoms with van der Waals surface area (Å²) in [5.74, 6) is 1.17. The van der Waals surface area contributed by atoms with Gasteiger partial charge in [0.05, 0.1) is 38.2 Å². The number of aryl methyl sites for hydroxylation is 1. The average Bonchev–Trinajstić information content (AvgIpc) is 3.26. The molecular formula is C22H20N4O4S. The van der Waals surface area contributed by atoms with Gasteiger partial charge in [-0.3, -0.25) is 14.3 Å². The molecule has 4 aromatic rings. The number of methoxy groups -OCH3 is 2. The number of benzene rings is 2. The number of hydrogen-bond acceptors (Lipinski definition) is 7. The Kier molecular flexibility index (Phi) is 5.94. The third kappa shape index (κ3) is 4.41. The summed E-state index contributed by atoms with van der Waals surface area (Å²) < 4.78 is 12.3. The number of ether oxygens (including phenoxy) is 2. The highest BCUT2D eigenvalue weighted by Crippen LogP contribution is 2.35. The van der Waals surface area contributed by atoms with Gasteiger partial charge in [-0.15, -0.1) is 11.3 Å². The molecule has 2 heterocycles. The largest absolute Gasteiger partial charge is 0.497 e. The number of carbonyl (C=O) groups excluding carboxylic acids is 1. The maximum Gasteiger partial charge on any atom is 0.228 e. The molecule has 0 radical (unpaired) electrons. The molecule has 1 amide bonds. The molecule has 0 aliphatic rings. The van der Waals surface area contributed by atoms with Crippen LogP contribution in [0, 0.1) is 0 Å². The first-order chi connectivity index (χ1) is 15.1. The van der Waals surface area contributed by atoms with Crippen molar-refractivity contribution in [2.24, 2.45) is 0 Å². The van der Waals surface area contributed by atoms with Crippen molar-refractivity contribution in [1.29, 1.82) is 0 Å². The smallest absolute Gasteiger partial charge is 0.228 e. The number of thiazole rings is 1. The molecule has 0 atom stereocenters. The first-order valence-electron chi connectivity index (χ1n) is 9.51. The lowest BCUT2D eigenvalue weighted by atomic mass is 10.1. The monoisotopic (exact) mass is 436 g/mol.